The number of H-pyrrole nitrogens is 1. The predicted molar refractivity (Wildman–Crippen MR) is 63.7 cm³/mol. The Morgan fingerprint density at radius 3 is 3.06 bits per heavy atom. The molecular formula is C12H12FN3O2. The van der Waals surface area contributed by atoms with Crippen molar-refractivity contribution < 1.29 is 13.9 Å². The fourth-order valence-corrected chi connectivity index (χ4v) is 1.48. The third kappa shape index (κ3) is 2.65. The molecule has 2 aromatic rings. The first kappa shape index (κ1) is 12.1. The van der Waals surface area contributed by atoms with Gasteiger partial charge in [0.1, 0.15) is 11.6 Å². The molecule has 94 valence electrons. The Kier molecular flexibility index (Phi) is 3.57. The summed E-state index contributed by atoms with van der Waals surface area (Å²) < 4.78 is 17.9. The Morgan fingerprint density at radius 2 is 2.39 bits per heavy atom. The van der Waals surface area contributed by atoms with E-state index in [2.05, 4.69) is 20.0 Å². The van der Waals surface area contributed by atoms with Crippen LogP contribution in [0.25, 0.3) is 0 Å². The summed E-state index contributed by atoms with van der Waals surface area (Å²) in [4.78, 5) is 18.3. The normalized spacial score (nSPS) is 10.1. The molecule has 1 aromatic heterocycles. The van der Waals surface area contributed by atoms with E-state index in [9.17, 15) is 9.18 Å². The van der Waals surface area contributed by atoms with Gasteiger partial charge in [0.25, 0.3) is 0 Å². The smallest absolute Gasteiger partial charge is 0.340 e. The van der Waals surface area contributed by atoms with E-state index in [-0.39, 0.29) is 5.56 Å². The molecule has 0 fully saturated rings. The number of imidazole rings is 1. The van der Waals surface area contributed by atoms with Crippen molar-refractivity contribution in [2.24, 2.45) is 0 Å². The van der Waals surface area contributed by atoms with E-state index in [1.807, 2.05) is 0 Å². The zero-order chi connectivity index (χ0) is 13.0. The largest absolute Gasteiger partial charge is 0.465 e. The Hall–Kier alpha value is -2.37. The zero-order valence-corrected chi connectivity index (χ0v) is 9.74. The van der Waals surface area contributed by atoms with Crippen LogP contribution in [-0.2, 0) is 11.3 Å². The number of benzene rings is 1. The zero-order valence-electron chi connectivity index (χ0n) is 9.74. The van der Waals surface area contributed by atoms with Gasteiger partial charge in [0.15, 0.2) is 0 Å². The quantitative estimate of drug-likeness (QED) is 0.813. The fraction of sp³-hybridized carbons (Fsp3) is 0.167. The first-order valence-corrected chi connectivity index (χ1v) is 5.30. The molecule has 0 saturated carbocycles. The van der Waals surface area contributed by atoms with Gasteiger partial charge < -0.3 is 15.0 Å². The topological polar surface area (TPSA) is 67.0 Å². The number of ether oxygens (including phenoxy) is 1. The van der Waals surface area contributed by atoms with E-state index in [1.54, 1.807) is 18.5 Å². The average Bonchev–Trinajstić information content (AvgIpc) is 2.90. The number of carbonyl (C=O) groups excluding carboxylic acids is 1. The van der Waals surface area contributed by atoms with Crippen LogP contribution in [-0.4, -0.2) is 23.0 Å². The first-order valence-electron chi connectivity index (χ1n) is 5.30. The highest BCUT2D eigenvalue weighted by Crippen LogP contribution is 2.16. The van der Waals surface area contributed by atoms with Gasteiger partial charge in [-0.2, -0.15) is 0 Å². The predicted octanol–water partition coefficient (Wildman–Crippen LogP) is 1.95. The number of hydrogen-bond acceptors (Lipinski definition) is 4. The summed E-state index contributed by atoms with van der Waals surface area (Å²) in [7, 11) is 1.21. The summed E-state index contributed by atoms with van der Waals surface area (Å²) in [6.07, 6.45) is 3.35. The number of nitrogens with one attached hydrogen (secondary N) is 2. The summed E-state index contributed by atoms with van der Waals surface area (Å²) in [5.74, 6) is -0.557. The van der Waals surface area contributed by atoms with Gasteiger partial charge in [0.05, 0.1) is 19.2 Å². The second-order valence-corrected chi connectivity index (χ2v) is 3.58. The molecule has 6 heteroatoms. The van der Waals surface area contributed by atoms with Gasteiger partial charge in [-0.05, 0) is 18.2 Å². The molecule has 0 aliphatic rings. The summed E-state index contributed by atoms with van der Waals surface area (Å²) in [6, 6.07) is 4.17. The maximum atomic E-state index is 13.4. The molecule has 0 radical (unpaired) electrons. The molecule has 0 spiro atoms. The van der Waals surface area contributed by atoms with Crippen molar-refractivity contribution in [3.05, 3.63) is 47.8 Å². The van der Waals surface area contributed by atoms with E-state index in [4.69, 9.17) is 0 Å². The average molecular weight is 249 g/mol. The van der Waals surface area contributed by atoms with Crippen molar-refractivity contribution in [1.29, 1.82) is 0 Å². The SMILES string of the molecule is COC(=O)c1cc(NCc2ncc[nH]2)ccc1F. The molecule has 5 nitrogen and oxygen atoms in total. The van der Waals surface area contributed by atoms with Crippen LogP contribution >= 0.6 is 0 Å². The van der Waals surface area contributed by atoms with Crippen molar-refractivity contribution >= 4 is 11.7 Å². The van der Waals surface area contributed by atoms with Crippen LogP contribution in [0.4, 0.5) is 10.1 Å². The molecule has 0 aliphatic carbocycles. The maximum Gasteiger partial charge on any atom is 0.340 e. The lowest BCUT2D eigenvalue weighted by molar-refractivity contribution is 0.0595. The highest BCUT2D eigenvalue weighted by molar-refractivity contribution is 5.90. The van der Waals surface area contributed by atoms with Crippen molar-refractivity contribution in [1.82, 2.24) is 9.97 Å². The van der Waals surface area contributed by atoms with Crippen LogP contribution in [0, 0.1) is 5.82 Å². The number of halogens is 1. The minimum absolute atomic E-state index is 0.0954. The summed E-state index contributed by atoms with van der Waals surface area (Å²) >= 11 is 0. The molecule has 1 aromatic carbocycles. The highest BCUT2D eigenvalue weighted by Gasteiger charge is 2.12. The fourth-order valence-electron chi connectivity index (χ4n) is 1.48. The van der Waals surface area contributed by atoms with Gasteiger partial charge in [0.2, 0.25) is 0 Å². The number of carbonyl (C=O) groups is 1. The van der Waals surface area contributed by atoms with E-state index in [1.165, 1.54) is 19.2 Å². The second kappa shape index (κ2) is 5.31. The molecule has 0 saturated heterocycles. The number of esters is 1. The van der Waals surface area contributed by atoms with Crippen LogP contribution in [0.5, 0.6) is 0 Å². The second-order valence-electron chi connectivity index (χ2n) is 3.58. The first-order chi connectivity index (χ1) is 8.70. The molecule has 18 heavy (non-hydrogen) atoms. The van der Waals surface area contributed by atoms with Crippen molar-refractivity contribution in [2.45, 2.75) is 6.54 Å². The van der Waals surface area contributed by atoms with Crippen LogP contribution in [0.1, 0.15) is 16.2 Å². The molecule has 1 heterocycles. The standard InChI is InChI=1S/C12H12FN3O2/c1-18-12(17)9-6-8(2-3-10(9)13)16-7-11-14-4-5-15-11/h2-6,16H,7H2,1H3,(H,14,15). The molecule has 0 unspecified atom stereocenters. The van der Waals surface area contributed by atoms with Crippen molar-refractivity contribution in [3.63, 3.8) is 0 Å². The Balaban J connectivity index is 2.12. The molecule has 0 amide bonds. The van der Waals surface area contributed by atoms with Crippen molar-refractivity contribution in [3.8, 4) is 0 Å². The Bertz CT molecular complexity index is 540. The number of hydrogen-bond donors (Lipinski definition) is 2. The lowest BCUT2D eigenvalue weighted by Crippen LogP contribution is -2.07. The van der Waals surface area contributed by atoms with E-state index >= 15 is 0 Å². The van der Waals surface area contributed by atoms with Crippen LogP contribution in [0.3, 0.4) is 0 Å². The number of aromatic nitrogens is 2. The van der Waals surface area contributed by atoms with Crippen LogP contribution in [0.15, 0.2) is 30.6 Å². The number of nitrogens with zero attached hydrogens (tertiary/aromatic N) is 1. The van der Waals surface area contributed by atoms with Gasteiger partial charge in [-0.25, -0.2) is 14.2 Å². The molecular weight excluding hydrogens is 237 g/mol. The monoisotopic (exact) mass is 249 g/mol. The lowest BCUT2D eigenvalue weighted by atomic mass is 10.2. The maximum absolute atomic E-state index is 13.4. The third-order valence-corrected chi connectivity index (χ3v) is 2.39. The Morgan fingerprint density at radius 1 is 1.56 bits per heavy atom. The third-order valence-electron chi connectivity index (χ3n) is 2.39. The molecule has 0 bridgehead atoms. The van der Waals surface area contributed by atoms with Crippen molar-refractivity contribution in [2.75, 3.05) is 12.4 Å². The van der Waals surface area contributed by atoms with E-state index in [0.29, 0.717) is 12.2 Å². The molecule has 2 N–H and O–H groups in total. The van der Waals surface area contributed by atoms with Crippen LogP contribution in [0.2, 0.25) is 0 Å². The molecule has 0 atom stereocenters. The summed E-state index contributed by atoms with van der Waals surface area (Å²) in [5, 5.41) is 3.03. The van der Waals surface area contributed by atoms with Gasteiger partial charge in [-0.3, -0.25) is 0 Å². The molecule has 0 aliphatic heterocycles. The highest BCUT2D eigenvalue weighted by atomic mass is 19.1. The minimum atomic E-state index is -0.700. The lowest BCUT2D eigenvalue weighted by Gasteiger charge is -2.07. The molecule has 2 rings (SSSR count). The summed E-state index contributed by atoms with van der Waals surface area (Å²) in [5.41, 5.74) is 0.523. The van der Waals surface area contributed by atoms with Gasteiger partial charge in [-0.15, -0.1) is 0 Å². The Labute approximate surface area is 103 Å². The number of rotatable bonds is 4. The van der Waals surface area contributed by atoms with Gasteiger partial charge in [-0.1, -0.05) is 0 Å². The number of anilines is 1. The summed E-state index contributed by atoms with van der Waals surface area (Å²) in [6.45, 7) is 0.458. The minimum Gasteiger partial charge on any atom is -0.465 e. The van der Waals surface area contributed by atoms with Crippen LogP contribution < -0.4 is 5.32 Å². The van der Waals surface area contributed by atoms with E-state index < -0.39 is 11.8 Å². The van der Waals surface area contributed by atoms with Gasteiger partial charge >= 0.3 is 5.97 Å². The van der Waals surface area contributed by atoms with Gasteiger partial charge in [0, 0.05) is 18.1 Å². The number of aromatic amines is 1. The van der Waals surface area contributed by atoms with E-state index in [0.717, 1.165) is 5.82 Å². The number of methoxy groups -OCH3 is 1.